The highest BCUT2D eigenvalue weighted by Gasteiger charge is 2.34. The molecule has 2 aromatic rings. The zero-order chi connectivity index (χ0) is 17.8. The number of amides is 2. The molecular weight excluding hydrogens is 358 g/mol. The van der Waals surface area contributed by atoms with Crippen LogP contribution in [-0.2, 0) is 14.3 Å². The van der Waals surface area contributed by atoms with Crippen LogP contribution in [0.5, 0.6) is 0 Å². The van der Waals surface area contributed by atoms with E-state index in [1.807, 2.05) is 35.9 Å². The highest BCUT2D eigenvalue weighted by molar-refractivity contribution is 7.12. The lowest BCUT2D eigenvalue weighted by molar-refractivity contribution is -0.135. The van der Waals surface area contributed by atoms with Gasteiger partial charge in [-0.3, -0.25) is 9.59 Å². The molecule has 0 aliphatic carbocycles. The average Bonchev–Trinajstić information content (AvgIpc) is 3.32. The molecule has 0 saturated heterocycles. The molecule has 2 aromatic heterocycles. The third kappa shape index (κ3) is 3.97. The van der Waals surface area contributed by atoms with E-state index in [9.17, 15) is 9.59 Å². The Kier molecular flexibility index (Phi) is 5.62. The summed E-state index contributed by atoms with van der Waals surface area (Å²) < 4.78 is 4.76. The topological polar surface area (TPSA) is 71.0 Å². The van der Waals surface area contributed by atoms with Crippen molar-refractivity contribution in [2.45, 2.75) is 19.4 Å². The number of hydrogen-bond donors (Lipinski definition) is 1. The Morgan fingerprint density at radius 3 is 2.84 bits per heavy atom. The van der Waals surface area contributed by atoms with Crippen LogP contribution in [0.25, 0.3) is 0 Å². The molecule has 0 fully saturated rings. The number of hydrogen-bond acceptors (Lipinski definition) is 6. The van der Waals surface area contributed by atoms with E-state index in [0.717, 1.165) is 21.0 Å². The Morgan fingerprint density at radius 2 is 2.20 bits per heavy atom. The number of aryl methyl sites for hydroxylation is 1. The molecule has 3 rings (SSSR count). The van der Waals surface area contributed by atoms with E-state index >= 15 is 0 Å². The van der Waals surface area contributed by atoms with E-state index < -0.39 is 0 Å². The highest BCUT2D eigenvalue weighted by Crippen LogP contribution is 2.37. The van der Waals surface area contributed by atoms with Crippen molar-refractivity contribution in [1.29, 1.82) is 0 Å². The molecule has 25 heavy (non-hydrogen) atoms. The van der Waals surface area contributed by atoms with Crippen LogP contribution in [0.4, 0.5) is 0 Å². The SMILES string of the molecule is COCC(=O)NCC(=O)N1N=C(c2cccs2)C[C@H]1c1sccc1C. The van der Waals surface area contributed by atoms with Crippen molar-refractivity contribution in [3.63, 3.8) is 0 Å². The van der Waals surface area contributed by atoms with Crippen molar-refractivity contribution in [3.05, 3.63) is 44.3 Å². The molecular formula is C17H19N3O3S2. The lowest BCUT2D eigenvalue weighted by atomic mass is 10.1. The normalized spacial score (nSPS) is 16.8. The molecule has 6 nitrogen and oxygen atoms in total. The fourth-order valence-corrected chi connectivity index (χ4v) is 4.43. The molecule has 1 aliphatic heterocycles. The minimum atomic E-state index is -0.318. The largest absolute Gasteiger partial charge is 0.375 e. The molecule has 0 aromatic carbocycles. The van der Waals surface area contributed by atoms with Gasteiger partial charge < -0.3 is 10.1 Å². The number of nitrogens with zero attached hydrogens (tertiary/aromatic N) is 2. The van der Waals surface area contributed by atoms with E-state index in [1.165, 1.54) is 12.1 Å². The number of nitrogens with one attached hydrogen (secondary N) is 1. The van der Waals surface area contributed by atoms with Gasteiger partial charge in [-0.2, -0.15) is 5.10 Å². The van der Waals surface area contributed by atoms with Crippen molar-refractivity contribution >= 4 is 40.2 Å². The van der Waals surface area contributed by atoms with Crippen LogP contribution in [-0.4, -0.2) is 42.8 Å². The number of thiophene rings is 2. The van der Waals surface area contributed by atoms with Crippen LogP contribution >= 0.6 is 22.7 Å². The second kappa shape index (κ2) is 7.90. The minimum Gasteiger partial charge on any atom is -0.375 e. The summed E-state index contributed by atoms with van der Waals surface area (Å²) >= 11 is 3.24. The van der Waals surface area contributed by atoms with Crippen molar-refractivity contribution in [3.8, 4) is 0 Å². The van der Waals surface area contributed by atoms with Gasteiger partial charge >= 0.3 is 0 Å². The molecule has 1 atom stereocenters. The van der Waals surface area contributed by atoms with Crippen LogP contribution in [0.15, 0.2) is 34.1 Å². The molecule has 132 valence electrons. The highest BCUT2D eigenvalue weighted by atomic mass is 32.1. The standard InChI is InChI=1S/C17H19N3O3S2/c1-11-5-7-25-17(11)13-8-12(14-4-3-6-24-14)19-20(13)16(22)9-18-15(21)10-23-2/h3-7,13H,8-10H2,1-2H3,(H,18,21)/t13-/m0/s1. The molecule has 2 amide bonds. The van der Waals surface area contributed by atoms with Crippen molar-refractivity contribution in [2.24, 2.45) is 5.10 Å². The third-order valence-corrected chi connectivity index (χ3v) is 5.93. The first kappa shape index (κ1) is 17.8. The Labute approximate surface area is 154 Å². The first-order valence-electron chi connectivity index (χ1n) is 7.83. The van der Waals surface area contributed by atoms with Gasteiger partial charge in [0.1, 0.15) is 6.61 Å². The predicted octanol–water partition coefficient (Wildman–Crippen LogP) is 2.56. The van der Waals surface area contributed by atoms with Gasteiger partial charge in [-0.25, -0.2) is 5.01 Å². The van der Waals surface area contributed by atoms with Crippen molar-refractivity contribution in [1.82, 2.24) is 10.3 Å². The van der Waals surface area contributed by atoms with E-state index in [-0.39, 0.29) is 31.0 Å². The maximum absolute atomic E-state index is 12.7. The first-order valence-corrected chi connectivity index (χ1v) is 9.59. The van der Waals surface area contributed by atoms with Crippen LogP contribution < -0.4 is 5.32 Å². The van der Waals surface area contributed by atoms with E-state index in [0.29, 0.717) is 6.42 Å². The fourth-order valence-electron chi connectivity index (χ4n) is 2.70. The van der Waals surface area contributed by atoms with Crippen LogP contribution in [0.1, 0.15) is 27.8 Å². The molecule has 1 aliphatic rings. The van der Waals surface area contributed by atoms with Gasteiger partial charge in [-0.15, -0.1) is 22.7 Å². The molecule has 8 heteroatoms. The summed E-state index contributed by atoms with van der Waals surface area (Å²) in [5.41, 5.74) is 2.06. The summed E-state index contributed by atoms with van der Waals surface area (Å²) in [6.45, 7) is 1.88. The van der Waals surface area contributed by atoms with Crippen molar-refractivity contribution in [2.75, 3.05) is 20.3 Å². The number of ether oxygens (including phenoxy) is 1. The quantitative estimate of drug-likeness (QED) is 0.841. The summed E-state index contributed by atoms with van der Waals surface area (Å²) in [5.74, 6) is -0.546. The van der Waals surface area contributed by atoms with Gasteiger partial charge in [0.2, 0.25) is 5.91 Å². The smallest absolute Gasteiger partial charge is 0.262 e. The van der Waals surface area contributed by atoms with Gasteiger partial charge in [0.25, 0.3) is 5.91 Å². The Morgan fingerprint density at radius 1 is 1.36 bits per heavy atom. The van der Waals surface area contributed by atoms with Gasteiger partial charge in [0.15, 0.2) is 0 Å². The molecule has 0 saturated carbocycles. The Balaban J connectivity index is 1.79. The summed E-state index contributed by atoms with van der Waals surface area (Å²) in [4.78, 5) is 26.4. The van der Waals surface area contributed by atoms with Crippen LogP contribution in [0.3, 0.4) is 0 Å². The fraction of sp³-hybridized carbons (Fsp3) is 0.353. The first-order chi connectivity index (χ1) is 12.1. The number of hydrazone groups is 1. The molecule has 0 bridgehead atoms. The van der Waals surface area contributed by atoms with Gasteiger partial charge in [-0.1, -0.05) is 6.07 Å². The number of rotatable bonds is 6. The molecule has 1 N–H and O–H groups in total. The maximum atomic E-state index is 12.7. The maximum Gasteiger partial charge on any atom is 0.262 e. The average molecular weight is 377 g/mol. The predicted molar refractivity (Wildman–Crippen MR) is 99.0 cm³/mol. The van der Waals surface area contributed by atoms with E-state index in [4.69, 9.17) is 4.74 Å². The lowest BCUT2D eigenvalue weighted by Crippen LogP contribution is -2.39. The summed E-state index contributed by atoms with van der Waals surface area (Å²) in [6.07, 6.45) is 0.680. The van der Waals surface area contributed by atoms with Crippen molar-refractivity contribution < 1.29 is 14.3 Å². The number of methoxy groups -OCH3 is 1. The summed E-state index contributed by atoms with van der Waals surface area (Å²) in [6, 6.07) is 5.91. The zero-order valence-corrected chi connectivity index (χ0v) is 15.7. The zero-order valence-electron chi connectivity index (χ0n) is 14.0. The number of carbonyl (C=O) groups is 2. The molecule has 3 heterocycles. The lowest BCUT2D eigenvalue weighted by Gasteiger charge is -2.21. The summed E-state index contributed by atoms with van der Waals surface area (Å²) in [7, 11) is 1.44. The second-order valence-corrected chi connectivity index (χ2v) is 7.56. The van der Waals surface area contributed by atoms with Crippen LogP contribution in [0, 0.1) is 6.92 Å². The van der Waals surface area contributed by atoms with Gasteiger partial charge in [0.05, 0.1) is 23.2 Å². The van der Waals surface area contributed by atoms with Gasteiger partial charge in [-0.05, 0) is 35.4 Å². The third-order valence-electron chi connectivity index (χ3n) is 3.89. The van der Waals surface area contributed by atoms with E-state index in [1.54, 1.807) is 22.7 Å². The summed E-state index contributed by atoms with van der Waals surface area (Å²) in [5, 5.41) is 12.7. The minimum absolute atomic E-state index is 0.0650. The van der Waals surface area contributed by atoms with Gasteiger partial charge in [0, 0.05) is 18.4 Å². The molecule has 0 unspecified atom stereocenters. The number of carbonyl (C=O) groups excluding carboxylic acids is 2. The van der Waals surface area contributed by atoms with E-state index in [2.05, 4.69) is 10.4 Å². The molecule has 0 spiro atoms. The Bertz CT molecular complexity index is 783. The molecule has 0 radical (unpaired) electrons. The monoisotopic (exact) mass is 377 g/mol. The van der Waals surface area contributed by atoms with Crippen LogP contribution in [0.2, 0.25) is 0 Å². The Hall–Kier alpha value is -2.03. The second-order valence-electron chi connectivity index (χ2n) is 5.66.